The van der Waals surface area contributed by atoms with Gasteiger partial charge in [-0.05, 0) is 55.7 Å². The van der Waals surface area contributed by atoms with E-state index >= 15 is 0 Å². The van der Waals surface area contributed by atoms with Crippen molar-refractivity contribution in [2.24, 2.45) is 0 Å². The summed E-state index contributed by atoms with van der Waals surface area (Å²) >= 11 is 0. The maximum Gasteiger partial charge on any atom is 0.329 e. The lowest BCUT2D eigenvalue weighted by Gasteiger charge is -2.37. The number of urea groups is 1. The van der Waals surface area contributed by atoms with Gasteiger partial charge < -0.3 is 10.2 Å². The molecule has 182 valence electrons. The van der Waals surface area contributed by atoms with Gasteiger partial charge in [0.25, 0.3) is 5.91 Å². The molecule has 4 aromatic rings. The Bertz CT molecular complexity index is 1540. The predicted molar refractivity (Wildman–Crippen MR) is 129 cm³/mol. The van der Waals surface area contributed by atoms with Gasteiger partial charge in [-0.3, -0.25) is 9.69 Å². The molecule has 1 atom stereocenters. The normalized spacial score (nSPS) is 19.2. The summed E-state index contributed by atoms with van der Waals surface area (Å²) in [7, 11) is 0. The third-order valence-electron chi connectivity index (χ3n) is 7.09. The number of imide groups is 1. The first kappa shape index (κ1) is 22.1. The Balaban J connectivity index is 1.31. The van der Waals surface area contributed by atoms with Crippen LogP contribution in [0.5, 0.6) is 0 Å². The van der Waals surface area contributed by atoms with Gasteiger partial charge in [0.05, 0.1) is 18.3 Å². The molecule has 3 amide bonds. The summed E-state index contributed by atoms with van der Waals surface area (Å²) in [4.78, 5) is 33.5. The Hall–Kier alpha value is -4.34. The number of fused-ring (bicyclic) bond motifs is 2. The van der Waals surface area contributed by atoms with Gasteiger partial charge in [0, 0.05) is 23.9 Å². The molecule has 0 radical (unpaired) electrons. The van der Waals surface area contributed by atoms with Crippen LogP contribution < -0.4 is 10.2 Å². The molecule has 2 aliphatic heterocycles. The zero-order valence-electron chi connectivity index (χ0n) is 19.4. The van der Waals surface area contributed by atoms with Crippen molar-refractivity contribution in [1.82, 2.24) is 19.5 Å². The average Bonchev–Trinajstić information content (AvgIpc) is 3.56. The number of benzene rings is 2. The maximum absolute atomic E-state index is 14.7. The number of nitrogens with zero attached hydrogens (tertiary/aromatic N) is 5. The first-order valence-electron chi connectivity index (χ1n) is 11.6. The second-order valence-electron chi connectivity index (χ2n) is 9.24. The van der Waals surface area contributed by atoms with Crippen LogP contribution in [0, 0.1) is 11.6 Å². The molecule has 0 unspecified atom stereocenters. The summed E-state index contributed by atoms with van der Waals surface area (Å²) < 4.78 is 30.3. The minimum absolute atomic E-state index is 0.185. The molecule has 6 rings (SSSR count). The second kappa shape index (κ2) is 8.11. The number of halogens is 2. The summed E-state index contributed by atoms with van der Waals surface area (Å²) in [5.41, 5.74) is 1.48. The van der Waals surface area contributed by atoms with Crippen LogP contribution in [0.25, 0.3) is 5.65 Å². The minimum Gasteiger partial charge on any atom is -0.347 e. The van der Waals surface area contributed by atoms with Crippen molar-refractivity contribution in [2.75, 3.05) is 16.8 Å². The summed E-state index contributed by atoms with van der Waals surface area (Å²) in [5.74, 6) is -0.785. The van der Waals surface area contributed by atoms with Crippen molar-refractivity contribution in [2.45, 2.75) is 31.8 Å². The maximum atomic E-state index is 14.7. The van der Waals surface area contributed by atoms with Crippen LogP contribution in [-0.4, -0.2) is 38.0 Å². The molecule has 0 spiro atoms. The van der Waals surface area contributed by atoms with E-state index in [0.29, 0.717) is 35.7 Å². The van der Waals surface area contributed by atoms with E-state index in [0.717, 1.165) is 29.0 Å². The SMILES string of the molecule is C[C@]1(c2cc(F)ccc2F)CCCN1c1ccn2ncc(NC(=O)N3Cc4ccccc4C3=O)c2n1. The quantitative estimate of drug-likeness (QED) is 0.452. The monoisotopic (exact) mass is 488 g/mol. The third-order valence-corrected chi connectivity index (χ3v) is 7.09. The molecule has 0 bridgehead atoms. The fraction of sp³-hybridized carbons (Fsp3) is 0.231. The first-order valence-corrected chi connectivity index (χ1v) is 11.6. The van der Waals surface area contributed by atoms with E-state index in [2.05, 4.69) is 10.4 Å². The number of rotatable bonds is 3. The zero-order chi connectivity index (χ0) is 25.0. The third kappa shape index (κ3) is 3.40. The second-order valence-corrected chi connectivity index (χ2v) is 9.24. The van der Waals surface area contributed by atoms with Crippen LogP contribution >= 0.6 is 0 Å². The van der Waals surface area contributed by atoms with Crippen molar-refractivity contribution in [3.63, 3.8) is 0 Å². The van der Waals surface area contributed by atoms with Crippen molar-refractivity contribution in [3.05, 3.63) is 89.2 Å². The van der Waals surface area contributed by atoms with Gasteiger partial charge in [-0.25, -0.2) is 23.1 Å². The van der Waals surface area contributed by atoms with Gasteiger partial charge in [-0.1, -0.05) is 18.2 Å². The Labute approximate surface area is 205 Å². The van der Waals surface area contributed by atoms with Gasteiger partial charge in [0.1, 0.15) is 23.1 Å². The highest BCUT2D eigenvalue weighted by Gasteiger charge is 2.41. The Morgan fingerprint density at radius 1 is 1.14 bits per heavy atom. The molecule has 36 heavy (non-hydrogen) atoms. The lowest BCUT2D eigenvalue weighted by molar-refractivity contribution is 0.0831. The molecule has 4 heterocycles. The number of aromatic nitrogens is 3. The molecule has 1 saturated heterocycles. The van der Waals surface area contributed by atoms with E-state index in [1.54, 1.807) is 24.4 Å². The fourth-order valence-electron chi connectivity index (χ4n) is 5.22. The zero-order valence-corrected chi connectivity index (χ0v) is 19.4. The molecule has 10 heteroatoms. The standard InChI is InChI=1S/C26H22F2N6O2/c1-26(19-13-17(27)7-8-20(19)28)10-4-11-33(26)22-9-12-34-23(31-22)21(14-29-34)30-25(36)32-15-16-5-2-3-6-18(16)24(32)35/h2-3,5-9,12-14H,4,10-11,15H2,1H3,(H,30,36)/t26-/m1/s1. The molecule has 2 aromatic heterocycles. The highest BCUT2D eigenvalue weighted by atomic mass is 19.1. The van der Waals surface area contributed by atoms with Crippen molar-refractivity contribution >= 4 is 29.1 Å². The summed E-state index contributed by atoms with van der Waals surface area (Å²) in [6.45, 7) is 2.66. The minimum atomic E-state index is -0.797. The van der Waals surface area contributed by atoms with E-state index in [1.165, 1.54) is 16.8 Å². The van der Waals surface area contributed by atoms with Crippen LogP contribution in [0.2, 0.25) is 0 Å². The number of carbonyl (C=O) groups is 2. The molecule has 0 saturated carbocycles. The number of nitrogens with one attached hydrogen (secondary N) is 1. The lowest BCUT2D eigenvalue weighted by Crippen LogP contribution is -2.40. The average molecular weight is 488 g/mol. The molecule has 2 aromatic carbocycles. The Kier molecular flexibility index (Phi) is 4.99. The Morgan fingerprint density at radius 2 is 1.97 bits per heavy atom. The van der Waals surface area contributed by atoms with Gasteiger partial charge in [-0.2, -0.15) is 5.10 Å². The number of hydrogen-bond acceptors (Lipinski definition) is 5. The first-order chi connectivity index (χ1) is 17.3. The van der Waals surface area contributed by atoms with E-state index in [9.17, 15) is 18.4 Å². The van der Waals surface area contributed by atoms with Crippen LogP contribution in [0.4, 0.5) is 25.1 Å². The molecule has 0 aliphatic carbocycles. The number of hydrogen-bond donors (Lipinski definition) is 1. The number of anilines is 2. The highest BCUT2D eigenvalue weighted by Crippen LogP contribution is 2.42. The molecular weight excluding hydrogens is 466 g/mol. The fourth-order valence-corrected chi connectivity index (χ4v) is 5.22. The predicted octanol–water partition coefficient (Wildman–Crippen LogP) is 4.71. The van der Waals surface area contributed by atoms with E-state index in [4.69, 9.17) is 4.98 Å². The van der Waals surface area contributed by atoms with Gasteiger partial charge in [0.2, 0.25) is 0 Å². The van der Waals surface area contributed by atoms with Crippen LogP contribution in [0.3, 0.4) is 0 Å². The van der Waals surface area contributed by atoms with Gasteiger partial charge >= 0.3 is 6.03 Å². The largest absolute Gasteiger partial charge is 0.347 e. The summed E-state index contributed by atoms with van der Waals surface area (Å²) in [5, 5.41) is 7.00. The summed E-state index contributed by atoms with van der Waals surface area (Å²) in [6.07, 6.45) is 4.57. The van der Waals surface area contributed by atoms with Gasteiger partial charge in [0.15, 0.2) is 5.65 Å². The molecule has 8 nitrogen and oxygen atoms in total. The molecule has 1 N–H and O–H groups in total. The number of amides is 3. The van der Waals surface area contributed by atoms with Crippen molar-refractivity contribution < 1.29 is 18.4 Å². The smallest absolute Gasteiger partial charge is 0.329 e. The van der Waals surface area contributed by atoms with Crippen molar-refractivity contribution in [1.29, 1.82) is 0 Å². The molecule has 2 aliphatic rings. The summed E-state index contributed by atoms with van der Waals surface area (Å²) in [6, 6.07) is 11.8. The lowest BCUT2D eigenvalue weighted by atomic mass is 9.88. The van der Waals surface area contributed by atoms with Crippen molar-refractivity contribution in [3.8, 4) is 0 Å². The number of carbonyl (C=O) groups excluding carboxylic acids is 2. The van der Waals surface area contributed by atoms with E-state index in [-0.39, 0.29) is 18.0 Å². The molecular formula is C26H22F2N6O2. The van der Waals surface area contributed by atoms with Crippen LogP contribution in [-0.2, 0) is 12.1 Å². The van der Waals surface area contributed by atoms with Crippen LogP contribution in [0.15, 0.2) is 60.9 Å². The topological polar surface area (TPSA) is 82.8 Å². The van der Waals surface area contributed by atoms with Crippen LogP contribution in [0.1, 0.15) is 41.3 Å². The molecule has 1 fully saturated rings. The van der Waals surface area contributed by atoms with Gasteiger partial charge in [-0.15, -0.1) is 0 Å². The highest BCUT2D eigenvalue weighted by molar-refractivity contribution is 6.11. The van der Waals surface area contributed by atoms with E-state index < -0.39 is 23.2 Å². The van der Waals surface area contributed by atoms with E-state index in [1.807, 2.05) is 24.0 Å². The Morgan fingerprint density at radius 3 is 2.81 bits per heavy atom.